The number of esters is 1. The number of carbonyl (C=O) groups excluding carboxylic acids is 2. The summed E-state index contributed by atoms with van der Waals surface area (Å²) < 4.78 is 11.3. The molecule has 0 spiro atoms. The highest BCUT2D eigenvalue weighted by atomic mass is 32.1. The molecule has 0 aliphatic heterocycles. The van der Waals surface area contributed by atoms with Crippen molar-refractivity contribution in [3.8, 4) is 11.8 Å². The van der Waals surface area contributed by atoms with E-state index < -0.39 is 5.97 Å². The van der Waals surface area contributed by atoms with Gasteiger partial charge in [0.15, 0.2) is 0 Å². The standard InChI is InChI=1S/C32H41NO4S/c1-22-11-13-25(14-12-22)30(34)33(20-24-17-26(18-24)37-21-23-9-7-6-8-10-23)28-19-27(15-16-32(2,3)4)38-29(28)31(35)36-5/h6-10,19,22,24-26H,11-14,17-18,20-21H2,1-5H3. The Labute approximate surface area is 231 Å². The van der Waals surface area contributed by atoms with Gasteiger partial charge in [-0.1, -0.05) is 49.1 Å². The van der Waals surface area contributed by atoms with Gasteiger partial charge < -0.3 is 14.4 Å². The number of thiophene rings is 1. The van der Waals surface area contributed by atoms with Gasteiger partial charge in [-0.05, 0) is 82.8 Å². The average Bonchev–Trinajstić information content (AvgIpc) is 3.30. The molecular formula is C32H41NO4S. The molecule has 1 aromatic heterocycles. The first kappa shape index (κ1) is 28.4. The quantitative estimate of drug-likeness (QED) is 0.268. The fourth-order valence-corrected chi connectivity index (χ4v) is 6.11. The molecule has 2 aromatic rings. The first-order valence-electron chi connectivity index (χ1n) is 13.8. The summed E-state index contributed by atoms with van der Waals surface area (Å²) in [5, 5.41) is 0. The van der Waals surface area contributed by atoms with E-state index in [1.165, 1.54) is 24.0 Å². The van der Waals surface area contributed by atoms with Crippen LogP contribution in [-0.2, 0) is 20.9 Å². The van der Waals surface area contributed by atoms with Crippen LogP contribution in [0.25, 0.3) is 0 Å². The number of ether oxygens (including phenoxy) is 2. The Morgan fingerprint density at radius 1 is 1.08 bits per heavy atom. The molecule has 0 bridgehead atoms. The van der Waals surface area contributed by atoms with Gasteiger partial charge in [-0.15, -0.1) is 11.3 Å². The minimum atomic E-state index is -0.415. The van der Waals surface area contributed by atoms with E-state index in [0.29, 0.717) is 35.6 Å². The highest BCUT2D eigenvalue weighted by molar-refractivity contribution is 7.15. The van der Waals surface area contributed by atoms with Crippen molar-refractivity contribution in [2.75, 3.05) is 18.6 Å². The molecule has 2 aliphatic carbocycles. The van der Waals surface area contributed by atoms with Crippen LogP contribution in [0.5, 0.6) is 0 Å². The van der Waals surface area contributed by atoms with Crippen LogP contribution in [0.4, 0.5) is 5.69 Å². The zero-order valence-corrected chi connectivity index (χ0v) is 24.2. The van der Waals surface area contributed by atoms with Crippen molar-refractivity contribution in [2.45, 2.75) is 78.9 Å². The van der Waals surface area contributed by atoms with Crippen molar-refractivity contribution < 1.29 is 19.1 Å². The molecule has 0 N–H and O–H groups in total. The van der Waals surface area contributed by atoms with Crippen LogP contribution < -0.4 is 4.90 Å². The number of rotatable bonds is 8. The van der Waals surface area contributed by atoms with Crippen molar-refractivity contribution in [2.24, 2.45) is 23.2 Å². The Kier molecular flexibility index (Phi) is 9.33. The van der Waals surface area contributed by atoms with Crippen molar-refractivity contribution in [1.82, 2.24) is 0 Å². The van der Waals surface area contributed by atoms with E-state index in [1.807, 2.05) is 29.2 Å². The largest absolute Gasteiger partial charge is 0.465 e. The summed E-state index contributed by atoms with van der Waals surface area (Å²) in [5.74, 6) is 7.18. The lowest BCUT2D eigenvalue weighted by Crippen LogP contribution is -2.45. The Bertz CT molecular complexity index is 1160. The second-order valence-corrected chi connectivity index (χ2v) is 13.0. The van der Waals surface area contributed by atoms with Crippen LogP contribution in [0.1, 0.15) is 86.3 Å². The van der Waals surface area contributed by atoms with Gasteiger partial charge in [0.2, 0.25) is 5.91 Å². The van der Waals surface area contributed by atoms with Gasteiger partial charge in [-0.3, -0.25) is 4.79 Å². The third kappa shape index (κ3) is 7.48. The van der Waals surface area contributed by atoms with E-state index >= 15 is 0 Å². The molecule has 1 heterocycles. The normalized spacial score (nSPS) is 23.1. The van der Waals surface area contributed by atoms with Gasteiger partial charge >= 0.3 is 5.97 Å². The van der Waals surface area contributed by atoms with Gasteiger partial charge in [0.25, 0.3) is 0 Å². The number of amides is 1. The summed E-state index contributed by atoms with van der Waals surface area (Å²) in [7, 11) is 1.39. The second kappa shape index (κ2) is 12.5. The van der Waals surface area contributed by atoms with E-state index in [0.717, 1.165) is 43.4 Å². The van der Waals surface area contributed by atoms with E-state index in [9.17, 15) is 9.59 Å². The SMILES string of the molecule is COC(=O)c1sc(C#CC(C)(C)C)cc1N(CC1CC(OCc2ccccc2)C1)C(=O)C1CCC(C)CC1. The second-order valence-electron chi connectivity index (χ2n) is 12.0. The van der Waals surface area contributed by atoms with Crippen LogP contribution in [0.3, 0.4) is 0 Å². The molecule has 0 unspecified atom stereocenters. The molecule has 204 valence electrons. The number of hydrogen-bond donors (Lipinski definition) is 0. The zero-order valence-electron chi connectivity index (χ0n) is 23.4. The first-order chi connectivity index (χ1) is 18.1. The van der Waals surface area contributed by atoms with Gasteiger partial charge in [-0.25, -0.2) is 4.79 Å². The summed E-state index contributed by atoms with van der Waals surface area (Å²) in [6.45, 7) is 9.63. The number of hydrogen-bond acceptors (Lipinski definition) is 5. The molecule has 38 heavy (non-hydrogen) atoms. The molecule has 4 rings (SSSR count). The predicted octanol–water partition coefficient (Wildman–Crippen LogP) is 7.09. The van der Waals surface area contributed by atoms with Crippen LogP contribution >= 0.6 is 11.3 Å². The number of nitrogens with zero attached hydrogens (tertiary/aromatic N) is 1. The van der Waals surface area contributed by atoms with Crippen molar-refractivity contribution >= 4 is 28.9 Å². The lowest BCUT2D eigenvalue weighted by molar-refractivity contribution is -0.124. The number of methoxy groups -OCH3 is 1. The number of benzene rings is 1. The molecule has 0 radical (unpaired) electrons. The molecule has 0 saturated heterocycles. The molecule has 2 aliphatic rings. The minimum Gasteiger partial charge on any atom is -0.465 e. The monoisotopic (exact) mass is 535 g/mol. The summed E-state index contributed by atoms with van der Waals surface area (Å²) in [6, 6.07) is 12.1. The highest BCUT2D eigenvalue weighted by Gasteiger charge is 2.37. The molecule has 1 aromatic carbocycles. The maximum absolute atomic E-state index is 14.0. The molecule has 2 saturated carbocycles. The smallest absolute Gasteiger partial charge is 0.350 e. The Hall–Kier alpha value is -2.62. The van der Waals surface area contributed by atoms with Gasteiger partial charge in [-0.2, -0.15) is 0 Å². The highest BCUT2D eigenvalue weighted by Crippen LogP contribution is 2.39. The van der Waals surface area contributed by atoms with Crippen molar-refractivity contribution in [3.05, 3.63) is 51.7 Å². The predicted molar refractivity (Wildman–Crippen MR) is 153 cm³/mol. The lowest BCUT2D eigenvalue weighted by Gasteiger charge is -2.39. The molecular weight excluding hydrogens is 494 g/mol. The van der Waals surface area contributed by atoms with Crippen LogP contribution in [0.15, 0.2) is 36.4 Å². The molecule has 0 atom stereocenters. The van der Waals surface area contributed by atoms with Gasteiger partial charge in [0.1, 0.15) is 4.88 Å². The molecule has 6 heteroatoms. The van der Waals surface area contributed by atoms with E-state index in [2.05, 4.69) is 51.7 Å². The Morgan fingerprint density at radius 3 is 2.39 bits per heavy atom. The van der Waals surface area contributed by atoms with E-state index in [-0.39, 0.29) is 23.3 Å². The summed E-state index contributed by atoms with van der Waals surface area (Å²) >= 11 is 1.32. The van der Waals surface area contributed by atoms with E-state index in [4.69, 9.17) is 9.47 Å². The maximum atomic E-state index is 14.0. The fourth-order valence-electron chi connectivity index (χ4n) is 5.17. The van der Waals surface area contributed by atoms with Crippen molar-refractivity contribution in [3.63, 3.8) is 0 Å². The average molecular weight is 536 g/mol. The molecule has 5 nitrogen and oxygen atoms in total. The number of carbonyl (C=O) groups is 2. The van der Waals surface area contributed by atoms with Crippen LogP contribution in [0, 0.1) is 35.0 Å². The van der Waals surface area contributed by atoms with Gasteiger partial charge in [0.05, 0.1) is 30.4 Å². The summed E-state index contributed by atoms with van der Waals surface area (Å²) in [4.78, 5) is 29.9. The first-order valence-corrected chi connectivity index (χ1v) is 14.7. The number of anilines is 1. The van der Waals surface area contributed by atoms with Crippen LogP contribution in [0.2, 0.25) is 0 Å². The maximum Gasteiger partial charge on any atom is 0.350 e. The van der Waals surface area contributed by atoms with Gasteiger partial charge in [0, 0.05) is 17.9 Å². The Morgan fingerprint density at radius 2 is 1.76 bits per heavy atom. The van der Waals surface area contributed by atoms with Crippen molar-refractivity contribution in [1.29, 1.82) is 0 Å². The topological polar surface area (TPSA) is 55.8 Å². The summed E-state index contributed by atoms with van der Waals surface area (Å²) in [5.41, 5.74) is 1.66. The Balaban J connectivity index is 1.53. The van der Waals surface area contributed by atoms with E-state index in [1.54, 1.807) is 0 Å². The fraction of sp³-hybridized carbons (Fsp3) is 0.562. The molecule has 1 amide bonds. The summed E-state index contributed by atoms with van der Waals surface area (Å²) in [6.07, 6.45) is 5.96. The third-order valence-electron chi connectivity index (χ3n) is 7.53. The third-order valence-corrected chi connectivity index (χ3v) is 8.55. The minimum absolute atomic E-state index is 0.00842. The zero-order chi connectivity index (χ0) is 27.3. The lowest BCUT2D eigenvalue weighted by atomic mass is 9.80. The van der Waals surface area contributed by atoms with Crippen LogP contribution in [-0.4, -0.2) is 31.6 Å². The molecule has 2 fully saturated rings.